The number of benzene rings is 2. The van der Waals surface area contributed by atoms with Crippen LogP contribution in [0.4, 0.5) is 16.2 Å². The van der Waals surface area contributed by atoms with E-state index in [-0.39, 0.29) is 18.5 Å². The zero-order valence-corrected chi connectivity index (χ0v) is 19.7. The molecule has 9 heteroatoms. The number of hydrogen-bond donors (Lipinski definition) is 2. The van der Waals surface area contributed by atoms with Crippen LogP contribution >= 0.6 is 22.9 Å². The topological polar surface area (TPSA) is 83.6 Å². The molecule has 3 aromatic rings. The number of carbonyl (C=O) groups is 2. The Hall–Kier alpha value is -2.94. The zero-order valence-electron chi connectivity index (χ0n) is 18.1. The Labute approximate surface area is 196 Å². The van der Waals surface area contributed by atoms with Gasteiger partial charge in [-0.25, -0.2) is 9.78 Å². The summed E-state index contributed by atoms with van der Waals surface area (Å²) in [6, 6.07) is 12.3. The third-order valence-electron chi connectivity index (χ3n) is 4.82. The van der Waals surface area contributed by atoms with Gasteiger partial charge in [0, 0.05) is 35.4 Å². The van der Waals surface area contributed by atoms with E-state index >= 15 is 0 Å². The highest BCUT2D eigenvalue weighted by Gasteiger charge is 2.18. The lowest BCUT2D eigenvalue weighted by atomic mass is 10.1. The molecule has 7 nitrogen and oxygen atoms in total. The summed E-state index contributed by atoms with van der Waals surface area (Å²) in [5, 5.41) is 8.64. The number of nitrogens with zero attached hydrogens (tertiary/aromatic N) is 2. The first kappa shape index (κ1) is 23.7. The largest absolute Gasteiger partial charge is 0.383 e. The second kappa shape index (κ2) is 11.1. The van der Waals surface area contributed by atoms with Gasteiger partial charge in [-0.15, -0.1) is 11.3 Å². The second-order valence-corrected chi connectivity index (χ2v) is 8.61. The molecule has 0 spiro atoms. The number of ether oxygens (including phenoxy) is 1. The van der Waals surface area contributed by atoms with Crippen LogP contribution in [-0.2, 0) is 11.3 Å². The molecule has 2 N–H and O–H groups in total. The average Bonchev–Trinajstić information content (AvgIpc) is 3.24. The van der Waals surface area contributed by atoms with Gasteiger partial charge in [0.15, 0.2) is 0 Å². The van der Waals surface area contributed by atoms with E-state index in [1.54, 1.807) is 41.7 Å². The van der Waals surface area contributed by atoms with Gasteiger partial charge < -0.3 is 20.3 Å². The first-order valence-electron chi connectivity index (χ1n) is 9.99. The fraction of sp³-hybridized carbons (Fsp3) is 0.261. The third kappa shape index (κ3) is 6.53. The van der Waals surface area contributed by atoms with Crippen molar-refractivity contribution < 1.29 is 14.3 Å². The van der Waals surface area contributed by atoms with Crippen molar-refractivity contribution in [3.63, 3.8) is 0 Å². The Bertz CT molecular complexity index is 1090. The van der Waals surface area contributed by atoms with Crippen LogP contribution in [0, 0.1) is 13.8 Å². The van der Waals surface area contributed by atoms with Crippen molar-refractivity contribution >= 4 is 46.3 Å². The van der Waals surface area contributed by atoms with Gasteiger partial charge in [-0.3, -0.25) is 4.79 Å². The van der Waals surface area contributed by atoms with Crippen LogP contribution in [0.15, 0.2) is 47.8 Å². The van der Waals surface area contributed by atoms with Crippen LogP contribution in [0.25, 0.3) is 0 Å². The molecule has 0 radical (unpaired) electrons. The fourth-order valence-corrected chi connectivity index (χ4v) is 3.77. The highest BCUT2D eigenvalue weighted by Crippen LogP contribution is 2.18. The lowest BCUT2D eigenvalue weighted by Gasteiger charge is -2.21. The van der Waals surface area contributed by atoms with Crippen LogP contribution in [0.2, 0.25) is 5.02 Å². The van der Waals surface area contributed by atoms with Gasteiger partial charge in [-0.05, 0) is 61.4 Å². The number of urea groups is 1. The number of rotatable bonds is 8. The van der Waals surface area contributed by atoms with Crippen molar-refractivity contribution in [2.45, 2.75) is 20.4 Å². The van der Waals surface area contributed by atoms with E-state index in [9.17, 15) is 9.59 Å². The van der Waals surface area contributed by atoms with E-state index < -0.39 is 0 Å². The van der Waals surface area contributed by atoms with Crippen molar-refractivity contribution in [3.05, 3.63) is 74.7 Å². The number of nitrogens with one attached hydrogen (secondary N) is 2. The molecule has 0 aliphatic rings. The molecule has 0 bridgehead atoms. The number of aromatic nitrogens is 1. The van der Waals surface area contributed by atoms with Crippen LogP contribution in [0.1, 0.15) is 26.6 Å². The van der Waals surface area contributed by atoms with Gasteiger partial charge in [0.25, 0.3) is 5.91 Å². The number of amides is 3. The Morgan fingerprint density at radius 3 is 2.47 bits per heavy atom. The highest BCUT2D eigenvalue weighted by atomic mass is 35.5. The van der Waals surface area contributed by atoms with Gasteiger partial charge in [0.1, 0.15) is 10.7 Å². The molecule has 0 saturated carbocycles. The summed E-state index contributed by atoms with van der Waals surface area (Å²) >= 11 is 7.23. The monoisotopic (exact) mass is 472 g/mol. The van der Waals surface area contributed by atoms with Gasteiger partial charge in [-0.2, -0.15) is 0 Å². The molecular formula is C23H25ClN4O3S. The molecule has 1 aromatic heterocycles. The lowest BCUT2D eigenvalue weighted by molar-refractivity contribution is 0.102. The molecule has 0 atom stereocenters. The van der Waals surface area contributed by atoms with Gasteiger partial charge in [-0.1, -0.05) is 17.7 Å². The molecular weight excluding hydrogens is 448 g/mol. The van der Waals surface area contributed by atoms with E-state index in [0.29, 0.717) is 34.6 Å². The Balaban J connectivity index is 1.66. The standard InChI is InChI=1S/C23H25ClN4O3S/c1-15-4-7-19(12-16(15)2)25-22(29)20-14-32-21(27-20)13-28(10-11-31-3)23(30)26-18-8-5-17(24)6-9-18/h4-9,12,14H,10-11,13H2,1-3H3,(H,25,29)(H,26,30). The molecule has 0 fully saturated rings. The van der Waals surface area contributed by atoms with E-state index in [0.717, 1.165) is 16.8 Å². The molecule has 1 heterocycles. The summed E-state index contributed by atoms with van der Waals surface area (Å²) < 4.78 is 5.13. The molecule has 0 aliphatic heterocycles. The van der Waals surface area contributed by atoms with Gasteiger partial charge >= 0.3 is 6.03 Å². The van der Waals surface area contributed by atoms with Crippen molar-refractivity contribution in [1.82, 2.24) is 9.88 Å². The minimum absolute atomic E-state index is 0.254. The molecule has 0 saturated heterocycles. The quantitative estimate of drug-likeness (QED) is 0.463. The number of anilines is 2. The summed E-state index contributed by atoms with van der Waals surface area (Å²) in [4.78, 5) is 31.4. The second-order valence-electron chi connectivity index (χ2n) is 7.23. The highest BCUT2D eigenvalue weighted by molar-refractivity contribution is 7.09. The van der Waals surface area contributed by atoms with E-state index in [1.165, 1.54) is 11.3 Å². The fourth-order valence-electron chi connectivity index (χ4n) is 2.86. The molecule has 32 heavy (non-hydrogen) atoms. The Kier molecular flexibility index (Phi) is 8.21. The summed E-state index contributed by atoms with van der Waals surface area (Å²) in [5.41, 5.74) is 3.92. The van der Waals surface area contributed by atoms with E-state index in [1.807, 2.05) is 32.0 Å². The maximum absolute atomic E-state index is 12.8. The number of hydrogen-bond acceptors (Lipinski definition) is 5. The predicted octanol–water partition coefficient (Wildman–Crippen LogP) is 5.35. The lowest BCUT2D eigenvalue weighted by Crippen LogP contribution is -2.36. The summed E-state index contributed by atoms with van der Waals surface area (Å²) in [5.74, 6) is -0.287. The molecule has 3 amide bonds. The number of carbonyl (C=O) groups excluding carboxylic acids is 2. The smallest absolute Gasteiger partial charge is 0.322 e. The number of thiazole rings is 1. The van der Waals surface area contributed by atoms with Crippen molar-refractivity contribution in [1.29, 1.82) is 0 Å². The minimum atomic E-state index is -0.291. The predicted molar refractivity (Wildman–Crippen MR) is 129 cm³/mol. The van der Waals surface area contributed by atoms with Crippen LogP contribution in [-0.4, -0.2) is 42.1 Å². The number of aryl methyl sites for hydroxylation is 2. The summed E-state index contributed by atoms with van der Waals surface area (Å²) in [7, 11) is 1.58. The van der Waals surface area contributed by atoms with Crippen molar-refractivity contribution in [2.24, 2.45) is 0 Å². The van der Waals surface area contributed by atoms with E-state index in [2.05, 4.69) is 15.6 Å². The first-order chi connectivity index (χ1) is 15.4. The maximum Gasteiger partial charge on any atom is 0.322 e. The average molecular weight is 473 g/mol. The normalized spacial score (nSPS) is 10.6. The van der Waals surface area contributed by atoms with Crippen LogP contribution in [0.3, 0.4) is 0 Å². The molecule has 0 unspecified atom stereocenters. The van der Waals surface area contributed by atoms with Crippen LogP contribution in [0.5, 0.6) is 0 Å². The molecule has 3 rings (SSSR count). The van der Waals surface area contributed by atoms with Crippen molar-refractivity contribution in [2.75, 3.05) is 30.9 Å². The minimum Gasteiger partial charge on any atom is -0.383 e. The molecule has 2 aromatic carbocycles. The van der Waals surface area contributed by atoms with Gasteiger partial charge in [0.05, 0.1) is 13.2 Å². The summed E-state index contributed by atoms with van der Waals surface area (Å²) in [6.45, 7) is 5.02. The number of halogens is 1. The maximum atomic E-state index is 12.8. The van der Waals surface area contributed by atoms with Crippen molar-refractivity contribution in [3.8, 4) is 0 Å². The third-order valence-corrected chi connectivity index (χ3v) is 5.91. The molecule has 0 aliphatic carbocycles. The first-order valence-corrected chi connectivity index (χ1v) is 11.2. The van der Waals surface area contributed by atoms with E-state index in [4.69, 9.17) is 16.3 Å². The Morgan fingerprint density at radius 1 is 1.06 bits per heavy atom. The molecule has 168 valence electrons. The summed E-state index contributed by atoms with van der Waals surface area (Å²) in [6.07, 6.45) is 0. The van der Waals surface area contributed by atoms with Gasteiger partial charge in [0.2, 0.25) is 0 Å². The van der Waals surface area contributed by atoms with Crippen LogP contribution < -0.4 is 10.6 Å². The number of methoxy groups -OCH3 is 1. The Morgan fingerprint density at radius 2 is 1.78 bits per heavy atom. The SMILES string of the molecule is COCCN(Cc1nc(C(=O)Nc2ccc(C)c(C)c2)cs1)C(=O)Nc1ccc(Cl)cc1. The zero-order chi connectivity index (χ0) is 23.1.